The molecule has 0 unspecified atom stereocenters. The molecule has 0 bridgehead atoms. The van der Waals surface area contributed by atoms with Crippen molar-refractivity contribution in [3.63, 3.8) is 0 Å². The van der Waals surface area contributed by atoms with Crippen molar-refractivity contribution in [1.29, 1.82) is 0 Å². The number of aromatic hydroxyl groups is 1. The van der Waals surface area contributed by atoms with Crippen LogP contribution in [0, 0.1) is 5.92 Å². The molecule has 0 saturated carbocycles. The summed E-state index contributed by atoms with van der Waals surface area (Å²) in [4.78, 5) is 25.1. The van der Waals surface area contributed by atoms with E-state index in [0.29, 0.717) is 12.3 Å². The number of carbonyl (C=O) groups is 1. The summed E-state index contributed by atoms with van der Waals surface area (Å²) in [6.07, 6.45) is 0.665. The molecular weight excluding hydrogens is 353 g/mol. The van der Waals surface area contributed by atoms with Crippen molar-refractivity contribution >= 4 is 39.9 Å². The minimum atomic E-state index is -0.746. The van der Waals surface area contributed by atoms with Crippen LogP contribution in [-0.2, 0) is 11.3 Å². The van der Waals surface area contributed by atoms with Crippen molar-refractivity contribution in [1.82, 2.24) is 4.57 Å². The number of carbonyl (C=O) groups excluding carboxylic acids is 1. The van der Waals surface area contributed by atoms with Crippen molar-refractivity contribution in [3.8, 4) is 5.75 Å². The molecule has 0 saturated heterocycles. The van der Waals surface area contributed by atoms with Crippen LogP contribution in [0.25, 0.3) is 10.8 Å². The van der Waals surface area contributed by atoms with Gasteiger partial charge in [-0.2, -0.15) is 0 Å². The van der Waals surface area contributed by atoms with Crippen LogP contribution in [0.4, 0.5) is 0 Å². The Kier molecular flexibility index (Phi) is 5.78. The van der Waals surface area contributed by atoms with Gasteiger partial charge in [0.2, 0.25) is 0 Å². The molecule has 0 spiro atoms. The molecule has 130 valence electrons. The van der Waals surface area contributed by atoms with Crippen molar-refractivity contribution < 1.29 is 14.6 Å². The topological polar surface area (TPSA) is 68.5 Å². The summed E-state index contributed by atoms with van der Waals surface area (Å²) in [5, 5.41) is 11.4. The Hall–Kier alpha value is -1.72. The zero-order valence-corrected chi connectivity index (χ0v) is 15.2. The Labute approximate surface area is 149 Å². The lowest BCUT2D eigenvalue weighted by atomic mass is 10.1. The third kappa shape index (κ3) is 3.52. The standard InChI is InChI=1S/C17H19Cl2NO4/c1-4-24-17(23)14-15(21)10-7-12(18)13(19)8-11(10)16(22)20(14)6-5-9(2)3/h7-9,21H,4-6H2,1-3H3. The van der Waals surface area contributed by atoms with Gasteiger partial charge in [0.25, 0.3) is 5.56 Å². The van der Waals surface area contributed by atoms with Crippen LogP contribution in [0.2, 0.25) is 10.0 Å². The largest absolute Gasteiger partial charge is 0.505 e. The van der Waals surface area contributed by atoms with Gasteiger partial charge in [-0.1, -0.05) is 37.0 Å². The van der Waals surface area contributed by atoms with Crippen LogP contribution in [0.5, 0.6) is 5.75 Å². The highest BCUT2D eigenvalue weighted by Gasteiger charge is 2.24. The molecule has 0 aliphatic rings. The Bertz CT molecular complexity index is 843. The van der Waals surface area contributed by atoms with Crippen molar-refractivity contribution in [2.75, 3.05) is 6.61 Å². The van der Waals surface area contributed by atoms with Gasteiger partial charge in [0.1, 0.15) is 0 Å². The summed E-state index contributed by atoms with van der Waals surface area (Å²) in [6.45, 7) is 6.09. The lowest BCUT2D eigenvalue weighted by Crippen LogP contribution is -2.28. The maximum atomic E-state index is 12.8. The van der Waals surface area contributed by atoms with Gasteiger partial charge in [0, 0.05) is 11.9 Å². The SMILES string of the molecule is CCOC(=O)c1c(O)c2cc(Cl)c(Cl)cc2c(=O)n1CCC(C)C. The maximum Gasteiger partial charge on any atom is 0.358 e. The second kappa shape index (κ2) is 7.45. The first-order valence-electron chi connectivity index (χ1n) is 7.69. The van der Waals surface area contributed by atoms with E-state index in [1.54, 1.807) is 6.92 Å². The Morgan fingerprint density at radius 3 is 2.38 bits per heavy atom. The fourth-order valence-electron chi connectivity index (χ4n) is 2.43. The molecule has 0 radical (unpaired) electrons. The maximum absolute atomic E-state index is 12.8. The van der Waals surface area contributed by atoms with E-state index in [1.165, 1.54) is 16.7 Å². The number of hydrogen-bond donors (Lipinski definition) is 1. The van der Waals surface area contributed by atoms with Gasteiger partial charge in [-0.15, -0.1) is 0 Å². The van der Waals surface area contributed by atoms with E-state index in [1.807, 2.05) is 13.8 Å². The molecule has 7 heteroatoms. The van der Waals surface area contributed by atoms with Crippen LogP contribution in [0.3, 0.4) is 0 Å². The second-order valence-corrected chi connectivity index (χ2v) is 6.68. The van der Waals surface area contributed by atoms with E-state index in [-0.39, 0.29) is 45.4 Å². The minimum Gasteiger partial charge on any atom is -0.505 e. The van der Waals surface area contributed by atoms with Gasteiger partial charge in [0.05, 0.1) is 22.0 Å². The van der Waals surface area contributed by atoms with Crippen molar-refractivity contribution in [2.45, 2.75) is 33.7 Å². The summed E-state index contributed by atoms with van der Waals surface area (Å²) in [6, 6.07) is 2.79. The Balaban J connectivity index is 2.81. The zero-order chi connectivity index (χ0) is 18.0. The smallest absolute Gasteiger partial charge is 0.358 e. The number of rotatable bonds is 5. The predicted molar refractivity (Wildman–Crippen MR) is 95.3 cm³/mol. The summed E-state index contributed by atoms with van der Waals surface area (Å²) in [7, 11) is 0. The molecule has 0 aliphatic carbocycles. The lowest BCUT2D eigenvalue weighted by molar-refractivity contribution is 0.0508. The van der Waals surface area contributed by atoms with E-state index in [9.17, 15) is 14.7 Å². The number of hydrogen-bond acceptors (Lipinski definition) is 4. The molecule has 1 aromatic heterocycles. The van der Waals surface area contributed by atoms with Gasteiger partial charge in [-0.3, -0.25) is 9.36 Å². The molecule has 0 fully saturated rings. The highest BCUT2D eigenvalue weighted by Crippen LogP contribution is 2.33. The number of nitrogens with zero attached hydrogens (tertiary/aromatic N) is 1. The summed E-state index contributed by atoms with van der Waals surface area (Å²) in [5.74, 6) is -0.757. The van der Waals surface area contributed by atoms with Gasteiger partial charge in [-0.25, -0.2) is 4.79 Å². The van der Waals surface area contributed by atoms with Crippen LogP contribution in [0.15, 0.2) is 16.9 Å². The molecule has 2 rings (SSSR count). The number of ether oxygens (including phenoxy) is 1. The van der Waals surface area contributed by atoms with Crippen LogP contribution >= 0.6 is 23.2 Å². The first-order valence-corrected chi connectivity index (χ1v) is 8.45. The number of halogens is 2. The number of fused-ring (bicyclic) bond motifs is 1. The van der Waals surface area contributed by atoms with Gasteiger partial charge >= 0.3 is 5.97 Å². The molecule has 0 aliphatic heterocycles. The fraction of sp³-hybridized carbons (Fsp3) is 0.412. The molecule has 0 atom stereocenters. The molecule has 1 N–H and O–H groups in total. The summed E-state index contributed by atoms with van der Waals surface area (Å²) < 4.78 is 6.25. The zero-order valence-electron chi connectivity index (χ0n) is 13.7. The first-order chi connectivity index (χ1) is 11.3. The summed E-state index contributed by atoms with van der Waals surface area (Å²) >= 11 is 12.0. The normalized spacial score (nSPS) is 11.2. The Morgan fingerprint density at radius 2 is 1.83 bits per heavy atom. The van der Waals surface area contributed by atoms with Gasteiger partial charge in [0.15, 0.2) is 11.4 Å². The van der Waals surface area contributed by atoms with Gasteiger partial charge < -0.3 is 9.84 Å². The van der Waals surface area contributed by atoms with Gasteiger partial charge in [-0.05, 0) is 31.4 Å². The minimum absolute atomic E-state index is 0.135. The number of benzene rings is 1. The lowest BCUT2D eigenvalue weighted by Gasteiger charge is -2.17. The molecule has 24 heavy (non-hydrogen) atoms. The summed E-state index contributed by atoms with van der Waals surface area (Å²) in [5.41, 5.74) is -0.571. The van der Waals surface area contributed by atoms with Crippen LogP contribution in [0.1, 0.15) is 37.7 Å². The fourth-order valence-corrected chi connectivity index (χ4v) is 2.76. The number of esters is 1. The number of aromatic nitrogens is 1. The molecule has 2 aromatic rings. The molecule has 1 aromatic carbocycles. The number of pyridine rings is 1. The quantitative estimate of drug-likeness (QED) is 0.798. The molecule has 5 nitrogen and oxygen atoms in total. The van der Waals surface area contributed by atoms with E-state index in [4.69, 9.17) is 27.9 Å². The molecular formula is C17H19Cl2NO4. The highest BCUT2D eigenvalue weighted by atomic mass is 35.5. The average molecular weight is 372 g/mol. The van der Waals surface area contributed by atoms with Crippen molar-refractivity contribution in [3.05, 3.63) is 38.2 Å². The predicted octanol–water partition coefficient (Wildman–Crippen LogP) is 4.24. The third-order valence-electron chi connectivity index (χ3n) is 3.68. The van der Waals surface area contributed by atoms with Crippen LogP contribution < -0.4 is 5.56 Å². The Morgan fingerprint density at radius 1 is 1.25 bits per heavy atom. The van der Waals surface area contributed by atoms with Crippen LogP contribution in [-0.4, -0.2) is 22.2 Å². The van der Waals surface area contributed by atoms with E-state index >= 15 is 0 Å². The monoisotopic (exact) mass is 371 g/mol. The van der Waals surface area contributed by atoms with Crippen molar-refractivity contribution in [2.24, 2.45) is 5.92 Å². The second-order valence-electron chi connectivity index (χ2n) is 5.87. The van der Waals surface area contributed by atoms with E-state index in [2.05, 4.69) is 0 Å². The highest BCUT2D eigenvalue weighted by molar-refractivity contribution is 6.42. The van der Waals surface area contributed by atoms with E-state index in [0.717, 1.165) is 0 Å². The molecule has 1 heterocycles. The third-order valence-corrected chi connectivity index (χ3v) is 4.41. The average Bonchev–Trinajstić information content (AvgIpc) is 2.51. The first kappa shape index (κ1) is 18.6. The van der Waals surface area contributed by atoms with E-state index < -0.39 is 11.5 Å². The molecule has 0 amide bonds.